The number of carbonyl (C=O) groups excluding carboxylic acids is 1. The first-order valence-corrected chi connectivity index (χ1v) is 6.82. The average molecular weight is 250 g/mol. The molecule has 0 unspecified atom stereocenters. The Bertz CT molecular complexity index is 344. The van der Waals surface area contributed by atoms with E-state index in [1.807, 2.05) is 16.9 Å². The van der Waals surface area contributed by atoms with Crippen LogP contribution in [-0.2, 0) is 11.3 Å². The number of aromatic nitrogens is 2. The number of hydrogen-bond acceptors (Lipinski definition) is 3. The van der Waals surface area contributed by atoms with Crippen LogP contribution in [0.1, 0.15) is 32.1 Å². The molecule has 0 atom stereocenters. The SMILES string of the molecule is O=C(CCNCCn1cccn1)NC1CCCC1. The van der Waals surface area contributed by atoms with E-state index in [9.17, 15) is 4.79 Å². The van der Waals surface area contributed by atoms with Crippen molar-refractivity contribution in [2.45, 2.75) is 44.7 Å². The molecule has 1 heterocycles. The van der Waals surface area contributed by atoms with Crippen LogP contribution < -0.4 is 10.6 Å². The van der Waals surface area contributed by atoms with Crippen molar-refractivity contribution in [2.75, 3.05) is 13.1 Å². The highest BCUT2D eigenvalue weighted by Crippen LogP contribution is 2.17. The standard InChI is InChI=1S/C13H22N4O/c18-13(16-12-4-1-2-5-12)6-8-14-9-11-17-10-3-7-15-17/h3,7,10,12,14H,1-2,4-6,8-9,11H2,(H,16,18). The third-order valence-electron chi connectivity index (χ3n) is 3.33. The van der Waals surface area contributed by atoms with Gasteiger partial charge in [0.1, 0.15) is 0 Å². The van der Waals surface area contributed by atoms with Gasteiger partial charge >= 0.3 is 0 Å². The summed E-state index contributed by atoms with van der Waals surface area (Å²) in [5, 5.41) is 10.5. The van der Waals surface area contributed by atoms with E-state index in [1.54, 1.807) is 6.20 Å². The first kappa shape index (κ1) is 13.1. The zero-order chi connectivity index (χ0) is 12.6. The highest BCUT2D eigenvalue weighted by atomic mass is 16.1. The fourth-order valence-electron chi connectivity index (χ4n) is 2.32. The minimum Gasteiger partial charge on any atom is -0.353 e. The summed E-state index contributed by atoms with van der Waals surface area (Å²) in [7, 11) is 0. The Morgan fingerprint density at radius 2 is 2.17 bits per heavy atom. The Morgan fingerprint density at radius 1 is 1.33 bits per heavy atom. The second-order valence-corrected chi connectivity index (χ2v) is 4.82. The smallest absolute Gasteiger partial charge is 0.221 e. The molecule has 0 aliphatic heterocycles. The summed E-state index contributed by atoms with van der Waals surface area (Å²) in [5.74, 6) is 0.175. The number of nitrogens with zero attached hydrogens (tertiary/aromatic N) is 2. The molecule has 5 nitrogen and oxygen atoms in total. The summed E-state index contributed by atoms with van der Waals surface area (Å²) in [5.41, 5.74) is 0. The Labute approximate surface area is 108 Å². The van der Waals surface area contributed by atoms with Crippen LogP contribution in [0.3, 0.4) is 0 Å². The number of rotatable bonds is 7. The zero-order valence-corrected chi connectivity index (χ0v) is 10.8. The van der Waals surface area contributed by atoms with E-state index >= 15 is 0 Å². The maximum Gasteiger partial charge on any atom is 0.221 e. The van der Waals surface area contributed by atoms with Crippen molar-refractivity contribution in [1.82, 2.24) is 20.4 Å². The van der Waals surface area contributed by atoms with Gasteiger partial charge in [0, 0.05) is 37.9 Å². The Morgan fingerprint density at radius 3 is 2.89 bits per heavy atom. The molecule has 0 radical (unpaired) electrons. The topological polar surface area (TPSA) is 59.0 Å². The second-order valence-electron chi connectivity index (χ2n) is 4.82. The van der Waals surface area contributed by atoms with Crippen LogP contribution in [0.5, 0.6) is 0 Å². The molecule has 1 aliphatic carbocycles. The van der Waals surface area contributed by atoms with E-state index in [0.29, 0.717) is 12.5 Å². The molecule has 0 spiro atoms. The van der Waals surface area contributed by atoms with E-state index in [1.165, 1.54) is 12.8 Å². The normalized spacial score (nSPS) is 16.0. The molecular weight excluding hydrogens is 228 g/mol. The molecule has 0 aromatic carbocycles. The van der Waals surface area contributed by atoms with Gasteiger partial charge in [0.15, 0.2) is 0 Å². The van der Waals surface area contributed by atoms with Crippen molar-refractivity contribution in [2.24, 2.45) is 0 Å². The average Bonchev–Trinajstić information content (AvgIpc) is 3.01. The third-order valence-corrected chi connectivity index (χ3v) is 3.33. The molecule has 1 aromatic rings. The van der Waals surface area contributed by atoms with Crippen molar-refractivity contribution in [3.8, 4) is 0 Å². The molecule has 5 heteroatoms. The fourth-order valence-corrected chi connectivity index (χ4v) is 2.32. The summed E-state index contributed by atoms with van der Waals surface area (Å²) in [6.45, 7) is 2.43. The summed E-state index contributed by atoms with van der Waals surface area (Å²) in [6.07, 6.45) is 9.09. The summed E-state index contributed by atoms with van der Waals surface area (Å²) < 4.78 is 1.88. The summed E-state index contributed by atoms with van der Waals surface area (Å²) >= 11 is 0. The van der Waals surface area contributed by atoms with Gasteiger partial charge in [-0.2, -0.15) is 5.10 Å². The quantitative estimate of drug-likeness (QED) is 0.708. The maximum absolute atomic E-state index is 11.6. The van der Waals surface area contributed by atoms with Crippen LogP contribution in [0.25, 0.3) is 0 Å². The molecule has 2 N–H and O–H groups in total. The molecule has 1 aromatic heterocycles. The van der Waals surface area contributed by atoms with Gasteiger partial charge in [-0.25, -0.2) is 0 Å². The molecule has 0 bridgehead atoms. The van der Waals surface area contributed by atoms with Crippen LogP contribution >= 0.6 is 0 Å². The van der Waals surface area contributed by atoms with Gasteiger partial charge in [-0.15, -0.1) is 0 Å². The van der Waals surface area contributed by atoms with E-state index in [4.69, 9.17) is 0 Å². The Hall–Kier alpha value is -1.36. The Balaban J connectivity index is 1.48. The molecule has 100 valence electrons. The molecular formula is C13H22N4O. The van der Waals surface area contributed by atoms with E-state index < -0.39 is 0 Å². The lowest BCUT2D eigenvalue weighted by Crippen LogP contribution is -2.34. The van der Waals surface area contributed by atoms with Gasteiger partial charge in [-0.3, -0.25) is 9.48 Å². The van der Waals surface area contributed by atoms with E-state index in [0.717, 1.165) is 32.5 Å². The van der Waals surface area contributed by atoms with Crippen molar-refractivity contribution >= 4 is 5.91 Å². The first-order chi connectivity index (χ1) is 8.84. The highest BCUT2D eigenvalue weighted by Gasteiger charge is 2.16. The maximum atomic E-state index is 11.6. The molecule has 0 saturated heterocycles. The molecule has 1 saturated carbocycles. The molecule has 1 aliphatic rings. The Kier molecular flexibility index (Phi) is 5.20. The van der Waals surface area contributed by atoms with E-state index in [-0.39, 0.29) is 5.91 Å². The van der Waals surface area contributed by atoms with Crippen LogP contribution in [0.2, 0.25) is 0 Å². The van der Waals surface area contributed by atoms with Gasteiger partial charge in [0.05, 0.1) is 6.54 Å². The third kappa shape index (κ3) is 4.49. The largest absolute Gasteiger partial charge is 0.353 e. The monoisotopic (exact) mass is 250 g/mol. The number of carbonyl (C=O) groups is 1. The number of amides is 1. The predicted molar refractivity (Wildman–Crippen MR) is 70.1 cm³/mol. The fraction of sp³-hybridized carbons (Fsp3) is 0.692. The highest BCUT2D eigenvalue weighted by molar-refractivity contribution is 5.76. The molecule has 2 rings (SSSR count). The minimum absolute atomic E-state index is 0.175. The summed E-state index contributed by atoms with van der Waals surface area (Å²) in [4.78, 5) is 11.6. The van der Waals surface area contributed by atoms with Crippen molar-refractivity contribution in [3.05, 3.63) is 18.5 Å². The zero-order valence-electron chi connectivity index (χ0n) is 10.8. The van der Waals surface area contributed by atoms with Gasteiger partial charge in [0.25, 0.3) is 0 Å². The van der Waals surface area contributed by atoms with Gasteiger partial charge in [-0.05, 0) is 18.9 Å². The molecule has 1 amide bonds. The first-order valence-electron chi connectivity index (χ1n) is 6.82. The lowest BCUT2D eigenvalue weighted by molar-refractivity contribution is -0.121. The van der Waals surface area contributed by atoms with Crippen molar-refractivity contribution in [3.63, 3.8) is 0 Å². The number of hydrogen-bond donors (Lipinski definition) is 2. The predicted octanol–water partition coefficient (Wildman–Crippen LogP) is 0.922. The van der Waals surface area contributed by atoms with Crippen LogP contribution in [0.4, 0.5) is 0 Å². The lowest BCUT2D eigenvalue weighted by Gasteiger charge is -2.12. The summed E-state index contributed by atoms with van der Waals surface area (Å²) in [6, 6.07) is 2.34. The second kappa shape index (κ2) is 7.16. The van der Waals surface area contributed by atoms with Crippen LogP contribution in [0.15, 0.2) is 18.5 Å². The number of nitrogens with one attached hydrogen (secondary N) is 2. The van der Waals surface area contributed by atoms with Crippen molar-refractivity contribution in [1.29, 1.82) is 0 Å². The van der Waals surface area contributed by atoms with Gasteiger partial charge in [0.2, 0.25) is 5.91 Å². The van der Waals surface area contributed by atoms with Crippen LogP contribution in [-0.4, -0.2) is 34.8 Å². The van der Waals surface area contributed by atoms with Crippen LogP contribution in [0, 0.1) is 0 Å². The molecule has 1 fully saturated rings. The van der Waals surface area contributed by atoms with E-state index in [2.05, 4.69) is 15.7 Å². The van der Waals surface area contributed by atoms with Gasteiger partial charge < -0.3 is 10.6 Å². The minimum atomic E-state index is 0.175. The van der Waals surface area contributed by atoms with Gasteiger partial charge in [-0.1, -0.05) is 12.8 Å². The lowest BCUT2D eigenvalue weighted by atomic mass is 10.2. The molecule has 18 heavy (non-hydrogen) atoms. The van der Waals surface area contributed by atoms with Crippen molar-refractivity contribution < 1.29 is 4.79 Å².